The van der Waals surface area contributed by atoms with Gasteiger partial charge in [-0.25, -0.2) is 9.50 Å². The summed E-state index contributed by atoms with van der Waals surface area (Å²) in [6.07, 6.45) is 1.33. The molecule has 0 aromatic carbocycles. The van der Waals surface area contributed by atoms with E-state index in [0.29, 0.717) is 11.2 Å². The van der Waals surface area contributed by atoms with Gasteiger partial charge in [-0.05, 0) is 13.8 Å². The summed E-state index contributed by atoms with van der Waals surface area (Å²) in [5.41, 5.74) is 1.53. The summed E-state index contributed by atoms with van der Waals surface area (Å²) in [6.45, 7) is 3.42. The SMILES string of the molecule is Cc1cn2nc(Cl)c(CC(C)O)c(O)c2n1. The zero-order valence-electron chi connectivity index (χ0n) is 8.98. The van der Waals surface area contributed by atoms with Gasteiger partial charge in [-0.2, -0.15) is 5.10 Å². The minimum atomic E-state index is -0.594. The van der Waals surface area contributed by atoms with Crippen molar-refractivity contribution in [2.45, 2.75) is 26.4 Å². The van der Waals surface area contributed by atoms with Crippen molar-refractivity contribution < 1.29 is 10.2 Å². The number of hydrogen-bond acceptors (Lipinski definition) is 4. The van der Waals surface area contributed by atoms with Crippen molar-refractivity contribution in [3.8, 4) is 5.75 Å². The fourth-order valence-corrected chi connectivity index (χ4v) is 1.83. The fourth-order valence-electron chi connectivity index (χ4n) is 1.59. The number of rotatable bonds is 2. The summed E-state index contributed by atoms with van der Waals surface area (Å²) in [6, 6.07) is 0. The highest BCUT2D eigenvalue weighted by Crippen LogP contribution is 2.28. The van der Waals surface area contributed by atoms with Crippen LogP contribution in [0.5, 0.6) is 5.75 Å². The van der Waals surface area contributed by atoms with Crippen LogP contribution in [0.15, 0.2) is 6.20 Å². The summed E-state index contributed by atoms with van der Waals surface area (Å²) in [4.78, 5) is 4.13. The Hall–Kier alpha value is -1.33. The van der Waals surface area contributed by atoms with E-state index >= 15 is 0 Å². The molecule has 2 aromatic heterocycles. The van der Waals surface area contributed by atoms with E-state index in [2.05, 4.69) is 10.1 Å². The van der Waals surface area contributed by atoms with Gasteiger partial charge in [-0.15, -0.1) is 0 Å². The average molecular weight is 242 g/mol. The third-order valence-electron chi connectivity index (χ3n) is 2.25. The number of aryl methyl sites for hydroxylation is 1. The Morgan fingerprint density at radius 1 is 1.56 bits per heavy atom. The Morgan fingerprint density at radius 3 is 2.88 bits per heavy atom. The molecule has 0 saturated heterocycles. The number of aliphatic hydroxyl groups is 1. The molecule has 2 aromatic rings. The van der Waals surface area contributed by atoms with Crippen molar-refractivity contribution in [1.82, 2.24) is 14.6 Å². The van der Waals surface area contributed by atoms with E-state index in [4.69, 9.17) is 11.6 Å². The largest absolute Gasteiger partial charge is 0.504 e. The molecule has 0 saturated carbocycles. The molecule has 6 heteroatoms. The Balaban J connectivity index is 2.64. The highest BCUT2D eigenvalue weighted by molar-refractivity contribution is 6.30. The van der Waals surface area contributed by atoms with Crippen LogP contribution < -0.4 is 0 Å². The second-order valence-corrected chi connectivity index (χ2v) is 4.18. The molecule has 0 aliphatic heterocycles. The van der Waals surface area contributed by atoms with Crippen LogP contribution in [0.25, 0.3) is 5.65 Å². The first-order valence-corrected chi connectivity index (χ1v) is 5.28. The molecule has 0 fully saturated rings. The summed E-state index contributed by atoms with van der Waals surface area (Å²) in [5.74, 6) is -0.0194. The van der Waals surface area contributed by atoms with Gasteiger partial charge in [0.25, 0.3) is 0 Å². The quantitative estimate of drug-likeness (QED) is 0.832. The first-order valence-electron chi connectivity index (χ1n) is 4.90. The number of aromatic hydroxyl groups is 1. The first kappa shape index (κ1) is 11.2. The van der Waals surface area contributed by atoms with Crippen molar-refractivity contribution in [3.05, 3.63) is 22.6 Å². The maximum atomic E-state index is 9.97. The van der Waals surface area contributed by atoms with Crippen LogP contribution in [-0.4, -0.2) is 30.9 Å². The van der Waals surface area contributed by atoms with E-state index in [1.165, 1.54) is 4.52 Å². The maximum Gasteiger partial charge on any atom is 0.196 e. The lowest BCUT2D eigenvalue weighted by molar-refractivity contribution is 0.194. The first-order chi connectivity index (χ1) is 7.49. The second-order valence-electron chi connectivity index (χ2n) is 3.82. The van der Waals surface area contributed by atoms with Gasteiger partial charge in [0.15, 0.2) is 16.5 Å². The van der Waals surface area contributed by atoms with Gasteiger partial charge < -0.3 is 10.2 Å². The molecule has 2 rings (SSSR count). The Bertz CT molecular complexity index is 536. The molecule has 1 unspecified atom stereocenters. The molecular weight excluding hydrogens is 230 g/mol. The van der Waals surface area contributed by atoms with Gasteiger partial charge in [0, 0.05) is 12.0 Å². The maximum absolute atomic E-state index is 9.97. The zero-order chi connectivity index (χ0) is 11.9. The number of hydrogen-bond donors (Lipinski definition) is 2. The van der Waals surface area contributed by atoms with Crippen LogP contribution in [0.2, 0.25) is 5.15 Å². The van der Waals surface area contributed by atoms with Crippen LogP contribution in [-0.2, 0) is 6.42 Å². The molecule has 86 valence electrons. The lowest BCUT2D eigenvalue weighted by Crippen LogP contribution is -2.07. The summed E-state index contributed by atoms with van der Waals surface area (Å²) in [7, 11) is 0. The van der Waals surface area contributed by atoms with Crippen LogP contribution in [0.4, 0.5) is 0 Å². The van der Waals surface area contributed by atoms with Crippen molar-refractivity contribution in [3.63, 3.8) is 0 Å². The van der Waals surface area contributed by atoms with E-state index in [1.54, 1.807) is 20.0 Å². The molecule has 0 spiro atoms. The van der Waals surface area contributed by atoms with Gasteiger partial charge >= 0.3 is 0 Å². The fraction of sp³-hybridized carbons (Fsp3) is 0.400. The molecule has 0 aliphatic rings. The second kappa shape index (κ2) is 3.92. The Kier molecular flexibility index (Phi) is 2.73. The summed E-state index contributed by atoms with van der Waals surface area (Å²) >= 11 is 5.93. The molecule has 2 N–H and O–H groups in total. The number of halogens is 1. The van der Waals surface area contributed by atoms with Gasteiger partial charge in [0.05, 0.1) is 18.0 Å². The van der Waals surface area contributed by atoms with E-state index < -0.39 is 6.10 Å². The van der Waals surface area contributed by atoms with E-state index in [1.807, 2.05) is 0 Å². The number of fused-ring (bicyclic) bond motifs is 1. The number of aliphatic hydroxyl groups excluding tert-OH is 1. The van der Waals surface area contributed by atoms with Crippen LogP contribution in [0.1, 0.15) is 18.2 Å². The summed E-state index contributed by atoms with van der Waals surface area (Å²) in [5, 5.41) is 23.5. The third kappa shape index (κ3) is 1.83. The van der Waals surface area contributed by atoms with Crippen molar-refractivity contribution in [2.75, 3.05) is 0 Å². The van der Waals surface area contributed by atoms with Crippen LogP contribution in [0.3, 0.4) is 0 Å². The predicted octanol–water partition coefficient (Wildman–Crippen LogP) is 1.32. The van der Waals surface area contributed by atoms with Gasteiger partial charge in [0.1, 0.15) is 0 Å². The molecule has 0 amide bonds. The molecular formula is C10H12ClN3O2. The van der Waals surface area contributed by atoms with Gasteiger partial charge in [-0.3, -0.25) is 0 Å². The van der Waals surface area contributed by atoms with E-state index in [-0.39, 0.29) is 17.3 Å². The van der Waals surface area contributed by atoms with Crippen LogP contribution in [0, 0.1) is 6.92 Å². The molecule has 1 atom stereocenters. The Labute approximate surface area is 97.3 Å². The monoisotopic (exact) mass is 241 g/mol. The van der Waals surface area contributed by atoms with Crippen molar-refractivity contribution in [2.24, 2.45) is 0 Å². The standard InChI is InChI=1S/C10H12ClN3O2/c1-5-4-14-10(12-5)8(16)7(3-6(2)15)9(11)13-14/h4,6,15-16H,3H2,1-2H3. The van der Waals surface area contributed by atoms with Crippen molar-refractivity contribution in [1.29, 1.82) is 0 Å². The highest BCUT2D eigenvalue weighted by atomic mass is 35.5. The highest BCUT2D eigenvalue weighted by Gasteiger charge is 2.16. The Morgan fingerprint density at radius 2 is 2.25 bits per heavy atom. The molecule has 5 nitrogen and oxygen atoms in total. The average Bonchev–Trinajstić information content (AvgIpc) is 2.53. The van der Waals surface area contributed by atoms with Crippen LogP contribution >= 0.6 is 11.6 Å². The third-order valence-corrected chi connectivity index (χ3v) is 2.55. The molecule has 2 heterocycles. The predicted molar refractivity (Wildman–Crippen MR) is 59.8 cm³/mol. The number of imidazole rings is 1. The molecule has 16 heavy (non-hydrogen) atoms. The summed E-state index contributed by atoms with van der Waals surface area (Å²) < 4.78 is 1.43. The van der Waals surface area contributed by atoms with Crippen molar-refractivity contribution >= 4 is 17.2 Å². The molecule has 0 radical (unpaired) electrons. The van der Waals surface area contributed by atoms with Gasteiger partial charge in [0.2, 0.25) is 0 Å². The molecule has 0 bridgehead atoms. The number of nitrogens with zero attached hydrogens (tertiary/aromatic N) is 3. The minimum absolute atomic E-state index is 0.0194. The van der Waals surface area contributed by atoms with E-state index in [9.17, 15) is 10.2 Å². The van der Waals surface area contributed by atoms with Gasteiger partial charge in [-0.1, -0.05) is 11.6 Å². The molecule has 0 aliphatic carbocycles. The van der Waals surface area contributed by atoms with E-state index in [0.717, 1.165) is 5.69 Å². The number of aromatic nitrogens is 3. The topological polar surface area (TPSA) is 70.7 Å². The lowest BCUT2D eigenvalue weighted by Gasteiger charge is -2.09. The zero-order valence-corrected chi connectivity index (χ0v) is 9.73. The minimum Gasteiger partial charge on any atom is -0.504 e. The lowest BCUT2D eigenvalue weighted by atomic mass is 10.1. The normalized spacial score (nSPS) is 13.2. The smallest absolute Gasteiger partial charge is 0.196 e.